The van der Waals surface area contributed by atoms with Crippen molar-refractivity contribution in [3.05, 3.63) is 28.3 Å². The zero-order chi connectivity index (χ0) is 14.2. The number of carbonyl (C=O) groups excluding carboxylic acids is 1. The van der Waals surface area contributed by atoms with Crippen molar-refractivity contribution in [2.45, 2.75) is 24.7 Å². The maximum Gasteiger partial charge on any atom is 0.251 e. The monoisotopic (exact) mass is 302 g/mol. The minimum absolute atomic E-state index is 0.0567. The molecule has 104 valence electrons. The van der Waals surface area contributed by atoms with E-state index in [1.165, 1.54) is 6.07 Å². The summed E-state index contributed by atoms with van der Waals surface area (Å²) in [6, 6.07) is 2.77. The lowest BCUT2D eigenvalue weighted by Crippen LogP contribution is -2.26. The minimum atomic E-state index is -3.94. The molecule has 1 amide bonds. The Kier molecular flexibility index (Phi) is 3.85. The number of hydrogen-bond acceptors (Lipinski definition) is 3. The van der Waals surface area contributed by atoms with Gasteiger partial charge in [0.1, 0.15) is 4.90 Å². The normalized spacial score (nSPS) is 15.3. The number of carbonyl (C=O) groups is 1. The first-order valence-electron chi connectivity index (χ1n) is 5.90. The summed E-state index contributed by atoms with van der Waals surface area (Å²) >= 11 is 5.90. The predicted octanol–water partition coefficient (Wildman–Crippen LogP) is 1.44. The SMILES string of the molecule is Cc1cc(C(=O)NCC2CC2)cc(S(N)(=O)=O)c1Cl. The number of benzene rings is 1. The van der Waals surface area contributed by atoms with Crippen LogP contribution in [0.3, 0.4) is 0 Å². The largest absolute Gasteiger partial charge is 0.352 e. The van der Waals surface area contributed by atoms with Gasteiger partial charge in [-0.15, -0.1) is 0 Å². The Morgan fingerprint density at radius 2 is 2.11 bits per heavy atom. The summed E-state index contributed by atoms with van der Waals surface area (Å²) < 4.78 is 22.8. The molecule has 1 aromatic carbocycles. The Morgan fingerprint density at radius 1 is 1.47 bits per heavy atom. The van der Waals surface area contributed by atoms with Crippen LogP contribution in [0.25, 0.3) is 0 Å². The summed E-state index contributed by atoms with van der Waals surface area (Å²) in [6.07, 6.45) is 2.25. The van der Waals surface area contributed by atoms with Gasteiger partial charge in [-0.3, -0.25) is 4.79 Å². The highest BCUT2D eigenvalue weighted by Gasteiger charge is 2.23. The number of sulfonamides is 1. The molecule has 7 heteroatoms. The zero-order valence-electron chi connectivity index (χ0n) is 10.4. The third kappa shape index (κ3) is 3.46. The smallest absolute Gasteiger partial charge is 0.251 e. The summed E-state index contributed by atoms with van der Waals surface area (Å²) in [7, 11) is -3.94. The molecule has 3 N–H and O–H groups in total. The Balaban J connectivity index is 2.30. The van der Waals surface area contributed by atoms with Gasteiger partial charge in [0, 0.05) is 12.1 Å². The van der Waals surface area contributed by atoms with Crippen molar-refractivity contribution >= 4 is 27.5 Å². The summed E-state index contributed by atoms with van der Waals surface area (Å²) in [5.74, 6) is 0.242. The van der Waals surface area contributed by atoms with Crippen LogP contribution in [0.4, 0.5) is 0 Å². The van der Waals surface area contributed by atoms with E-state index in [1.54, 1.807) is 13.0 Å². The Bertz CT molecular complexity index is 624. The van der Waals surface area contributed by atoms with Crippen molar-refractivity contribution in [2.24, 2.45) is 11.1 Å². The van der Waals surface area contributed by atoms with E-state index in [0.29, 0.717) is 18.0 Å². The second-order valence-electron chi connectivity index (χ2n) is 4.80. The van der Waals surface area contributed by atoms with Crippen LogP contribution in [0.2, 0.25) is 5.02 Å². The summed E-state index contributed by atoms with van der Waals surface area (Å²) in [5.41, 5.74) is 0.760. The number of primary sulfonamides is 1. The number of hydrogen-bond donors (Lipinski definition) is 2. The molecule has 5 nitrogen and oxygen atoms in total. The number of nitrogens with one attached hydrogen (secondary N) is 1. The molecule has 0 aromatic heterocycles. The van der Waals surface area contributed by atoms with E-state index in [2.05, 4.69) is 5.32 Å². The van der Waals surface area contributed by atoms with Crippen molar-refractivity contribution < 1.29 is 13.2 Å². The molecule has 0 spiro atoms. The van der Waals surface area contributed by atoms with Crippen LogP contribution in [0.5, 0.6) is 0 Å². The molecule has 1 fully saturated rings. The van der Waals surface area contributed by atoms with Crippen LogP contribution in [-0.4, -0.2) is 20.9 Å². The lowest BCUT2D eigenvalue weighted by molar-refractivity contribution is 0.0951. The molecule has 0 radical (unpaired) electrons. The highest BCUT2D eigenvalue weighted by Crippen LogP contribution is 2.28. The van der Waals surface area contributed by atoms with E-state index in [-0.39, 0.29) is 21.4 Å². The van der Waals surface area contributed by atoms with Gasteiger partial charge in [-0.05, 0) is 43.4 Å². The highest BCUT2D eigenvalue weighted by atomic mass is 35.5. The van der Waals surface area contributed by atoms with Gasteiger partial charge < -0.3 is 5.32 Å². The van der Waals surface area contributed by atoms with Gasteiger partial charge in [-0.25, -0.2) is 13.6 Å². The van der Waals surface area contributed by atoms with E-state index in [4.69, 9.17) is 16.7 Å². The predicted molar refractivity (Wildman–Crippen MR) is 72.6 cm³/mol. The van der Waals surface area contributed by atoms with Gasteiger partial charge in [0.05, 0.1) is 5.02 Å². The Hall–Kier alpha value is -1.11. The lowest BCUT2D eigenvalue weighted by atomic mass is 10.1. The first-order chi connectivity index (χ1) is 8.79. The summed E-state index contributed by atoms with van der Waals surface area (Å²) in [6.45, 7) is 2.25. The van der Waals surface area contributed by atoms with Crippen LogP contribution in [0.1, 0.15) is 28.8 Å². The molecular weight excluding hydrogens is 288 g/mol. The topological polar surface area (TPSA) is 89.3 Å². The molecule has 0 unspecified atom stereocenters. The molecule has 0 atom stereocenters. The van der Waals surface area contributed by atoms with Gasteiger partial charge in [-0.1, -0.05) is 11.6 Å². The molecule has 0 heterocycles. The fourth-order valence-electron chi connectivity index (χ4n) is 1.74. The van der Waals surface area contributed by atoms with E-state index < -0.39 is 10.0 Å². The fourth-order valence-corrected chi connectivity index (χ4v) is 2.87. The maximum absolute atomic E-state index is 11.9. The first-order valence-corrected chi connectivity index (χ1v) is 7.82. The van der Waals surface area contributed by atoms with Crippen molar-refractivity contribution in [3.8, 4) is 0 Å². The average Bonchev–Trinajstić information content (AvgIpc) is 3.11. The fraction of sp³-hybridized carbons (Fsp3) is 0.417. The van der Waals surface area contributed by atoms with Crippen LogP contribution in [0.15, 0.2) is 17.0 Å². The van der Waals surface area contributed by atoms with Crippen LogP contribution in [0, 0.1) is 12.8 Å². The Morgan fingerprint density at radius 3 is 2.63 bits per heavy atom. The zero-order valence-corrected chi connectivity index (χ0v) is 12.0. The van der Waals surface area contributed by atoms with Crippen molar-refractivity contribution in [1.82, 2.24) is 5.32 Å². The average molecular weight is 303 g/mol. The van der Waals surface area contributed by atoms with Gasteiger partial charge in [0.15, 0.2) is 0 Å². The molecule has 2 rings (SSSR count). The minimum Gasteiger partial charge on any atom is -0.352 e. The number of halogens is 1. The third-order valence-electron chi connectivity index (χ3n) is 3.04. The molecule has 0 aliphatic heterocycles. The van der Waals surface area contributed by atoms with Crippen molar-refractivity contribution in [2.75, 3.05) is 6.54 Å². The second-order valence-corrected chi connectivity index (χ2v) is 6.71. The lowest BCUT2D eigenvalue weighted by Gasteiger charge is -2.09. The standard InChI is InChI=1S/C12H15ClN2O3S/c1-7-4-9(12(16)15-6-8-2-3-8)5-10(11(7)13)19(14,17)18/h4-5,8H,2-3,6H2,1H3,(H,15,16)(H2,14,17,18). The van der Waals surface area contributed by atoms with E-state index in [1.807, 2.05) is 0 Å². The van der Waals surface area contributed by atoms with Gasteiger partial charge in [0.2, 0.25) is 10.0 Å². The second kappa shape index (κ2) is 5.11. The molecule has 1 aliphatic rings. The number of amides is 1. The molecule has 1 aromatic rings. The molecular formula is C12H15ClN2O3S. The maximum atomic E-state index is 11.9. The molecule has 1 saturated carbocycles. The van der Waals surface area contributed by atoms with Crippen LogP contribution >= 0.6 is 11.6 Å². The van der Waals surface area contributed by atoms with Gasteiger partial charge in [0.25, 0.3) is 5.91 Å². The summed E-state index contributed by atoms with van der Waals surface area (Å²) in [5, 5.41) is 7.91. The van der Waals surface area contributed by atoms with E-state index in [9.17, 15) is 13.2 Å². The molecule has 0 saturated heterocycles. The third-order valence-corrected chi connectivity index (χ3v) is 4.59. The van der Waals surface area contributed by atoms with Crippen LogP contribution in [-0.2, 0) is 10.0 Å². The Labute approximate surface area is 117 Å². The van der Waals surface area contributed by atoms with Crippen LogP contribution < -0.4 is 10.5 Å². The number of rotatable bonds is 4. The number of nitrogens with two attached hydrogens (primary N) is 1. The molecule has 1 aliphatic carbocycles. The van der Waals surface area contributed by atoms with E-state index >= 15 is 0 Å². The van der Waals surface area contributed by atoms with E-state index in [0.717, 1.165) is 12.8 Å². The summed E-state index contributed by atoms with van der Waals surface area (Å²) in [4.78, 5) is 11.7. The van der Waals surface area contributed by atoms with Crippen molar-refractivity contribution in [3.63, 3.8) is 0 Å². The molecule has 0 bridgehead atoms. The molecule has 19 heavy (non-hydrogen) atoms. The first kappa shape index (κ1) is 14.3. The highest BCUT2D eigenvalue weighted by molar-refractivity contribution is 7.89. The van der Waals surface area contributed by atoms with Gasteiger partial charge in [-0.2, -0.15) is 0 Å². The van der Waals surface area contributed by atoms with Gasteiger partial charge >= 0.3 is 0 Å². The van der Waals surface area contributed by atoms with Crippen molar-refractivity contribution in [1.29, 1.82) is 0 Å². The quantitative estimate of drug-likeness (QED) is 0.882. The number of aryl methyl sites for hydroxylation is 1.